The second kappa shape index (κ2) is 29.4. The highest BCUT2D eigenvalue weighted by atomic mass is 19.2. The standard InChI is InChI=1S/C19H20FN5O.C19H23FN4O.C19H24N4O.C18H20F2N4O/c1-11-7-17-15(18(24-23-17)12-3-2-4-12)10-25(11)19(26)22-14-5-6-16(20)13(8-14)9-21;1-11-8-14(6-7-16(11)20)21-19(25)24-10-15-17(9-12(24)2)22-23-18(15)13-4-3-5-13;1-12-5-3-8-15(9-12)20-19(24)23-11-16-17(10-13(23)2)21-22-18(16)14-6-4-7-14;1-10-7-16-13(17(23-22-16)11-3-2-4-11)9-24(10)18(25)21-12-5-6-14(19)15(20)8-12/h5-6,8,11-12H,2-4,7,10H2,1H3,(H,22,26)(H,23,24);6-8,12-13H,3-5,9-10H2,1-2H3,(H,21,25)(H,22,23);3,5,8-9,13-14H,4,6-7,10-11H2,1-2H3,(H,20,24)(H,21,22);5-6,8,10-11H,2-4,7,9H2,1H3,(H,21,25)(H,22,23). The molecular formula is C75H87F4N17O4. The third-order valence-electron chi connectivity index (χ3n) is 21.6. The maximum absolute atomic E-state index is 13.5. The van der Waals surface area contributed by atoms with Crippen LogP contribution in [0.4, 0.5) is 59.5 Å². The lowest BCUT2D eigenvalue weighted by Gasteiger charge is -2.34. The number of carbonyl (C=O) groups excluding carboxylic acids is 4. The van der Waals surface area contributed by atoms with Gasteiger partial charge in [0.05, 0.1) is 54.5 Å². The number of rotatable bonds is 8. The number of halogens is 4. The van der Waals surface area contributed by atoms with Crippen LogP contribution in [0.25, 0.3) is 0 Å². The molecule has 4 fully saturated rings. The molecule has 8 amide bonds. The van der Waals surface area contributed by atoms with E-state index in [4.69, 9.17) is 5.26 Å². The Bertz CT molecular complexity index is 4250. The lowest BCUT2D eigenvalue weighted by molar-refractivity contribution is 0.180. The highest BCUT2D eigenvalue weighted by Gasteiger charge is 2.39. The first-order valence-electron chi connectivity index (χ1n) is 35.3. The fourth-order valence-electron chi connectivity index (χ4n) is 14.6. The number of urea groups is 4. The molecule has 4 saturated carbocycles. The molecular weight excluding hydrogens is 1280 g/mol. The number of nitrogens with one attached hydrogen (secondary N) is 8. The highest BCUT2D eigenvalue weighted by molar-refractivity contribution is 5.92. The topological polar surface area (TPSA) is 268 Å². The quantitative estimate of drug-likeness (QED) is 0.0671. The Labute approximate surface area is 579 Å². The fourth-order valence-corrected chi connectivity index (χ4v) is 14.6. The van der Waals surface area contributed by atoms with Gasteiger partial charge in [-0.15, -0.1) is 0 Å². The van der Waals surface area contributed by atoms with Gasteiger partial charge in [-0.25, -0.2) is 36.7 Å². The van der Waals surface area contributed by atoms with Crippen molar-refractivity contribution in [3.8, 4) is 6.07 Å². The van der Waals surface area contributed by atoms with Crippen LogP contribution in [-0.2, 0) is 51.9 Å². The summed E-state index contributed by atoms with van der Waals surface area (Å²) in [5.74, 6) is -0.653. The van der Waals surface area contributed by atoms with Gasteiger partial charge >= 0.3 is 24.1 Å². The van der Waals surface area contributed by atoms with Gasteiger partial charge in [0.2, 0.25) is 0 Å². The third kappa shape index (κ3) is 14.7. The number of aromatic nitrogens is 8. The molecule has 21 nitrogen and oxygen atoms in total. The van der Waals surface area contributed by atoms with E-state index in [1.54, 1.807) is 34.9 Å². The van der Waals surface area contributed by atoms with Crippen molar-refractivity contribution in [2.75, 3.05) is 21.3 Å². The van der Waals surface area contributed by atoms with E-state index in [0.29, 0.717) is 73.2 Å². The van der Waals surface area contributed by atoms with Gasteiger partial charge in [-0.1, -0.05) is 37.8 Å². The zero-order valence-corrected chi connectivity index (χ0v) is 57.4. The van der Waals surface area contributed by atoms with Crippen LogP contribution in [-0.4, -0.2) is 109 Å². The molecule has 8 aliphatic rings. The van der Waals surface area contributed by atoms with Crippen molar-refractivity contribution >= 4 is 46.9 Å². The first-order valence-corrected chi connectivity index (χ1v) is 35.3. The number of carbonyl (C=O) groups is 4. The van der Waals surface area contributed by atoms with Gasteiger partial charge < -0.3 is 40.9 Å². The summed E-state index contributed by atoms with van der Waals surface area (Å²) in [6, 6.07) is 21.2. The zero-order valence-electron chi connectivity index (χ0n) is 57.4. The Morgan fingerprint density at radius 1 is 0.420 bits per heavy atom. The maximum Gasteiger partial charge on any atom is 0.322 e. The molecule has 0 saturated heterocycles. The fraction of sp³-hybridized carbons (Fsp3) is 0.453. The monoisotopic (exact) mass is 1370 g/mol. The van der Waals surface area contributed by atoms with E-state index in [-0.39, 0.29) is 65.4 Å². The van der Waals surface area contributed by atoms with Crippen LogP contribution in [0.15, 0.2) is 78.9 Å². The van der Waals surface area contributed by atoms with E-state index in [1.165, 1.54) is 104 Å². The number of anilines is 4. The number of fused-ring (bicyclic) bond motifs is 4. The Morgan fingerprint density at radius 3 is 1.05 bits per heavy atom. The predicted octanol–water partition coefficient (Wildman–Crippen LogP) is 15.7. The van der Waals surface area contributed by atoms with E-state index in [2.05, 4.69) is 69.0 Å². The molecule has 4 unspecified atom stereocenters. The number of hydrogen-bond acceptors (Lipinski definition) is 9. The van der Waals surface area contributed by atoms with E-state index in [0.717, 1.165) is 114 Å². The number of nitrogens with zero attached hydrogens (tertiary/aromatic N) is 9. The minimum Gasteiger partial charge on any atom is -0.317 e. The van der Waals surface area contributed by atoms with Crippen molar-refractivity contribution in [1.29, 1.82) is 5.26 Å². The van der Waals surface area contributed by atoms with Crippen molar-refractivity contribution in [2.45, 2.75) is 218 Å². The average molecular weight is 1370 g/mol. The molecule has 25 heteroatoms. The van der Waals surface area contributed by atoms with Gasteiger partial charge in [-0.2, -0.15) is 25.7 Å². The van der Waals surface area contributed by atoms with Crippen LogP contribution < -0.4 is 21.3 Å². The largest absolute Gasteiger partial charge is 0.322 e. The smallest absolute Gasteiger partial charge is 0.317 e. The lowest BCUT2D eigenvalue weighted by Crippen LogP contribution is -2.45. The Hall–Kier alpha value is -9.99. The van der Waals surface area contributed by atoms with Gasteiger partial charge in [-0.05, 0) is 165 Å². The number of nitriles is 1. The first kappa shape index (κ1) is 68.5. The summed E-state index contributed by atoms with van der Waals surface area (Å²) in [6.07, 6.45) is 17.5. The minimum absolute atomic E-state index is 0.00696. The third-order valence-corrected chi connectivity index (χ3v) is 21.6. The van der Waals surface area contributed by atoms with Gasteiger partial charge in [0.1, 0.15) is 17.7 Å². The summed E-state index contributed by atoms with van der Waals surface area (Å²) in [4.78, 5) is 58.2. The molecule has 8 aromatic rings. The molecule has 100 heavy (non-hydrogen) atoms. The van der Waals surface area contributed by atoms with E-state index in [9.17, 15) is 36.7 Å². The van der Waals surface area contributed by atoms with E-state index < -0.39 is 17.5 Å². The van der Waals surface area contributed by atoms with Crippen LogP contribution in [0.2, 0.25) is 0 Å². The summed E-state index contributed by atoms with van der Waals surface area (Å²) in [6.45, 7) is 14.0. The summed E-state index contributed by atoms with van der Waals surface area (Å²) in [5, 5.41) is 51.1. The van der Waals surface area contributed by atoms with E-state index in [1.807, 2.05) is 61.8 Å². The Kier molecular flexibility index (Phi) is 20.2. The molecule has 4 atom stereocenters. The van der Waals surface area contributed by atoms with Crippen molar-refractivity contribution < 1.29 is 36.7 Å². The number of aromatic amines is 4. The van der Waals surface area contributed by atoms with Gasteiger partial charge in [0, 0.05) is 147 Å². The number of H-pyrrole nitrogens is 4. The van der Waals surface area contributed by atoms with Crippen molar-refractivity contribution in [1.82, 2.24) is 60.4 Å². The number of aryl methyl sites for hydroxylation is 2. The van der Waals surface area contributed by atoms with Crippen molar-refractivity contribution in [2.24, 2.45) is 0 Å². The molecule has 8 heterocycles. The molecule has 0 bridgehead atoms. The molecule has 16 rings (SSSR count). The van der Waals surface area contributed by atoms with Gasteiger partial charge in [-0.3, -0.25) is 20.4 Å². The number of hydrogen-bond donors (Lipinski definition) is 8. The molecule has 8 N–H and O–H groups in total. The molecule has 0 spiro atoms. The minimum atomic E-state index is -0.978. The SMILES string of the molecule is CC1Cc2[nH]nc(C3CCC3)c2CN1C(=O)Nc1ccc(F)c(C#N)c1.CC1Cc2[nH]nc(C3CCC3)c2CN1C(=O)Nc1ccc(F)c(F)c1.Cc1cc(NC(=O)N2Cc3c(C4CCC4)n[nH]c3CC2C)ccc1F.Cc1cccc(NC(=O)N2Cc3c(C4CCC4)n[nH]c3CC2C)c1. The summed E-state index contributed by atoms with van der Waals surface area (Å²) >= 11 is 0. The van der Waals surface area contributed by atoms with Crippen LogP contribution in [0.5, 0.6) is 0 Å². The lowest BCUT2D eigenvalue weighted by atomic mass is 9.80. The second-order valence-electron chi connectivity index (χ2n) is 28.5. The van der Waals surface area contributed by atoms with Crippen LogP contribution in [0.1, 0.15) is 213 Å². The zero-order chi connectivity index (χ0) is 70.0. The van der Waals surface area contributed by atoms with Crippen molar-refractivity contribution in [3.05, 3.63) is 187 Å². The van der Waals surface area contributed by atoms with Gasteiger partial charge in [0.25, 0.3) is 0 Å². The molecule has 524 valence electrons. The molecule has 4 aromatic carbocycles. The summed E-state index contributed by atoms with van der Waals surface area (Å²) in [7, 11) is 0. The number of amides is 8. The van der Waals surface area contributed by atoms with Crippen LogP contribution >= 0.6 is 0 Å². The predicted molar refractivity (Wildman–Crippen MR) is 371 cm³/mol. The average Bonchev–Trinajstić information content (AvgIpc) is 1.62. The van der Waals surface area contributed by atoms with Crippen LogP contribution in [0, 0.1) is 48.4 Å². The molecule has 4 aliphatic heterocycles. The van der Waals surface area contributed by atoms with E-state index >= 15 is 0 Å². The number of benzene rings is 4. The summed E-state index contributed by atoms with van der Waals surface area (Å²) in [5.41, 5.74) is 17.5. The molecule has 0 radical (unpaired) electrons. The normalized spacial score (nSPS) is 20.0. The van der Waals surface area contributed by atoms with Crippen LogP contribution in [0.3, 0.4) is 0 Å². The first-order chi connectivity index (χ1) is 48.2. The maximum atomic E-state index is 13.5. The Morgan fingerprint density at radius 2 is 0.740 bits per heavy atom. The molecule has 4 aromatic heterocycles. The van der Waals surface area contributed by atoms with Crippen molar-refractivity contribution in [3.63, 3.8) is 0 Å². The Balaban J connectivity index is 0.000000120. The highest BCUT2D eigenvalue weighted by Crippen LogP contribution is 2.44. The van der Waals surface area contributed by atoms with Gasteiger partial charge in [0.15, 0.2) is 11.6 Å². The summed E-state index contributed by atoms with van der Waals surface area (Å²) < 4.78 is 53.2. The molecule has 4 aliphatic carbocycles. The second-order valence-corrected chi connectivity index (χ2v) is 28.5.